The molecule has 1 rings (SSSR count). The van der Waals surface area contributed by atoms with E-state index in [1.54, 1.807) is 30.3 Å². The van der Waals surface area contributed by atoms with Crippen LogP contribution in [0.1, 0.15) is 31.1 Å². The van der Waals surface area contributed by atoms with Crippen molar-refractivity contribution in [3.05, 3.63) is 47.0 Å². The number of allylic oxidation sites excluding steroid dienone is 2. The fraction of sp³-hybridized carbons (Fsp3) is 0.308. The molecule has 0 atom stereocenters. The molecule has 0 aliphatic carbocycles. The molecule has 0 saturated heterocycles. The first kappa shape index (κ1) is 12.0. The lowest BCUT2D eigenvalue weighted by Gasteiger charge is -2.10. The third-order valence-corrected chi connectivity index (χ3v) is 2.12. The summed E-state index contributed by atoms with van der Waals surface area (Å²) < 4.78 is 0. The van der Waals surface area contributed by atoms with E-state index in [0.29, 0.717) is 10.6 Å². The van der Waals surface area contributed by atoms with Gasteiger partial charge < -0.3 is 0 Å². The first-order valence-electron chi connectivity index (χ1n) is 4.88. The summed E-state index contributed by atoms with van der Waals surface area (Å²) in [5, 5.41) is 0.645. The summed E-state index contributed by atoms with van der Waals surface area (Å²) in [6.07, 6.45) is 3.52. The minimum absolute atomic E-state index is 0.0154. The maximum absolute atomic E-state index is 11.7. The number of ketones is 1. The van der Waals surface area contributed by atoms with E-state index in [1.165, 1.54) is 0 Å². The Hall–Kier alpha value is -1.08. The van der Waals surface area contributed by atoms with Crippen molar-refractivity contribution in [1.82, 2.24) is 0 Å². The van der Waals surface area contributed by atoms with E-state index in [-0.39, 0.29) is 11.2 Å². The number of rotatable bonds is 2. The van der Waals surface area contributed by atoms with Crippen molar-refractivity contribution >= 4 is 17.4 Å². The van der Waals surface area contributed by atoms with Gasteiger partial charge in [0.1, 0.15) is 0 Å². The average molecular weight is 223 g/mol. The van der Waals surface area contributed by atoms with Crippen LogP contribution in [-0.4, -0.2) is 5.78 Å². The van der Waals surface area contributed by atoms with Gasteiger partial charge in [-0.05, 0) is 35.8 Å². The third-order valence-electron chi connectivity index (χ3n) is 1.86. The van der Waals surface area contributed by atoms with E-state index in [4.69, 9.17) is 11.6 Å². The molecule has 1 aromatic rings. The highest BCUT2D eigenvalue weighted by Gasteiger charge is 2.06. The summed E-state index contributed by atoms with van der Waals surface area (Å²) in [6, 6.07) is 6.91. The van der Waals surface area contributed by atoms with E-state index in [0.717, 1.165) is 0 Å². The molecule has 0 amide bonds. The molecule has 0 bridgehead atoms. The Morgan fingerprint density at radius 2 is 1.73 bits per heavy atom. The maximum Gasteiger partial charge on any atom is 0.185 e. The lowest BCUT2D eigenvalue weighted by atomic mass is 9.95. The van der Waals surface area contributed by atoms with Gasteiger partial charge >= 0.3 is 0 Å². The zero-order chi connectivity index (χ0) is 11.5. The number of hydrogen-bond donors (Lipinski definition) is 0. The molecule has 0 aliphatic heterocycles. The number of halogens is 1. The summed E-state index contributed by atoms with van der Waals surface area (Å²) in [5.41, 5.74) is 0.696. The van der Waals surface area contributed by atoms with Gasteiger partial charge in [0.15, 0.2) is 5.78 Å². The highest BCUT2D eigenvalue weighted by Crippen LogP contribution is 2.16. The Morgan fingerprint density at radius 3 is 2.20 bits per heavy atom. The van der Waals surface area contributed by atoms with Crippen molar-refractivity contribution in [2.24, 2.45) is 5.41 Å². The Bertz CT molecular complexity index is 369. The molecule has 80 valence electrons. The fourth-order valence-corrected chi connectivity index (χ4v) is 1.16. The molecule has 1 nitrogen and oxygen atoms in total. The van der Waals surface area contributed by atoms with Crippen molar-refractivity contribution in [2.75, 3.05) is 0 Å². The van der Waals surface area contributed by atoms with Gasteiger partial charge in [0.25, 0.3) is 0 Å². The fourth-order valence-electron chi connectivity index (χ4n) is 1.04. The Balaban J connectivity index is 2.78. The van der Waals surface area contributed by atoms with E-state index in [9.17, 15) is 4.79 Å². The van der Waals surface area contributed by atoms with Crippen molar-refractivity contribution in [1.29, 1.82) is 0 Å². The smallest absolute Gasteiger partial charge is 0.185 e. The van der Waals surface area contributed by atoms with E-state index in [2.05, 4.69) is 20.8 Å². The normalized spacial score (nSPS) is 12.0. The lowest BCUT2D eigenvalue weighted by molar-refractivity contribution is 0.104. The van der Waals surface area contributed by atoms with Crippen LogP contribution in [0, 0.1) is 5.41 Å². The SMILES string of the molecule is CC(C)(C)/C=C/C(=O)c1ccc(Cl)cc1. The second-order valence-corrected chi connectivity index (χ2v) is 5.01. The van der Waals surface area contributed by atoms with E-state index < -0.39 is 0 Å². The standard InChI is InChI=1S/C13H15ClO/c1-13(2,3)9-8-12(15)10-4-6-11(14)7-5-10/h4-9H,1-3H3/b9-8+. The van der Waals surface area contributed by atoms with Gasteiger partial charge in [0, 0.05) is 10.6 Å². The van der Waals surface area contributed by atoms with Crippen LogP contribution < -0.4 is 0 Å². The first-order chi connectivity index (χ1) is 6.88. The number of hydrogen-bond acceptors (Lipinski definition) is 1. The monoisotopic (exact) mass is 222 g/mol. The first-order valence-corrected chi connectivity index (χ1v) is 5.25. The molecule has 0 radical (unpaired) electrons. The maximum atomic E-state index is 11.7. The zero-order valence-electron chi connectivity index (χ0n) is 9.25. The predicted octanol–water partition coefficient (Wildman–Crippen LogP) is 4.13. The van der Waals surface area contributed by atoms with Crippen molar-refractivity contribution < 1.29 is 4.79 Å². The highest BCUT2D eigenvalue weighted by molar-refractivity contribution is 6.30. The lowest BCUT2D eigenvalue weighted by Crippen LogP contribution is -2.01. The molecule has 1 aromatic carbocycles. The molecule has 0 fully saturated rings. The molecule has 0 unspecified atom stereocenters. The van der Waals surface area contributed by atoms with Crippen molar-refractivity contribution in [3.63, 3.8) is 0 Å². The van der Waals surface area contributed by atoms with Gasteiger partial charge in [0.2, 0.25) is 0 Å². The third kappa shape index (κ3) is 4.30. The number of carbonyl (C=O) groups excluding carboxylic acids is 1. The second-order valence-electron chi connectivity index (χ2n) is 4.57. The van der Waals surface area contributed by atoms with Crippen LogP contribution in [0.5, 0.6) is 0 Å². The van der Waals surface area contributed by atoms with Gasteiger partial charge in [-0.2, -0.15) is 0 Å². The minimum Gasteiger partial charge on any atom is -0.289 e. The van der Waals surface area contributed by atoms with Gasteiger partial charge in [0.05, 0.1) is 0 Å². The van der Waals surface area contributed by atoms with Crippen LogP contribution in [0.4, 0.5) is 0 Å². The molecule has 15 heavy (non-hydrogen) atoms. The van der Waals surface area contributed by atoms with Crippen LogP contribution in [0.3, 0.4) is 0 Å². The summed E-state index contributed by atoms with van der Waals surface area (Å²) >= 11 is 5.74. The molecule has 0 spiro atoms. The largest absolute Gasteiger partial charge is 0.289 e. The van der Waals surface area contributed by atoms with Crippen molar-refractivity contribution in [2.45, 2.75) is 20.8 Å². The van der Waals surface area contributed by atoms with Gasteiger partial charge in [-0.3, -0.25) is 4.79 Å². The van der Waals surface area contributed by atoms with Crippen LogP contribution in [0.25, 0.3) is 0 Å². The average Bonchev–Trinajstić information content (AvgIpc) is 2.14. The quantitative estimate of drug-likeness (QED) is 0.543. The summed E-state index contributed by atoms with van der Waals surface area (Å²) in [7, 11) is 0. The van der Waals surface area contributed by atoms with Crippen LogP contribution >= 0.6 is 11.6 Å². The van der Waals surface area contributed by atoms with Crippen LogP contribution in [0.2, 0.25) is 5.02 Å². The predicted molar refractivity (Wildman–Crippen MR) is 64.4 cm³/mol. The van der Waals surface area contributed by atoms with Crippen LogP contribution in [0.15, 0.2) is 36.4 Å². The van der Waals surface area contributed by atoms with E-state index >= 15 is 0 Å². The highest BCUT2D eigenvalue weighted by atomic mass is 35.5. The van der Waals surface area contributed by atoms with E-state index in [1.807, 2.05) is 6.08 Å². The topological polar surface area (TPSA) is 17.1 Å². The molecular formula is C13H15ClO. The van der Waals surface area contributed by atoms with Gasteiger partial charge in [-0.25, -0.2) is 0 Å². The Morgan fingerprint density at radius 1 is 1.20 bits per heavy atom. The minimum atomic E-state index is 0.0154. The van der Waals surface area contributed by atoms with Crippen molar-refractivity contribution in [3.8, 4) is 0 Å². The molecule has 0 aliphatic rings. The molecule has 2 heteroatoms. The molecule has 0 saturated carbocycles. The van der Waals surface area contributed by atoms with Crippen LogP contribution in [-0.2, 0) is 0 Å². The molecule has 0 heterocycles. The molecular weight excluding hydrogens is 208 g/mol. The summed E-state index contributed by atoms with van der Waals surface area (Å²) in [5.74, 6) is 0.0154. The summed E-state index contributed by atoms with van der Waals surface area (Å²) in [6.45, 7) is 6.16. The molecule has 0 N–H and O–H groups in total. The number of benzene rings is 1. The molecule has 0 aromatic heterocycles. The second kappa shape index (κ2) is 4.63. The number of carbonyl (C=O) groups is 1. The summed E-state index contributed by atoms with van der Waals surface area (Å²) in [4.78, 5) is 11.7. The van der Waals surface area contributed by atoms with Gasteiger partial charge in [-0.1, -0.05) is 38.4 Å². The Kier molecular flexibility index (Phi) is 3.70. The van der Waals surface area contributed by atoms with Gasteiger partial charge in [-0.15, -0.1) is 0 Å². The Labute approximate surface area is 95.8 Å². The zero-order valence-corrected chi connectivity index (χ0v) is 10.0.